The number of pyridine rings is 1. The molecule has 3 aromatic rings. The van der Waals surface area contributed by atoms with Gasteiger partial charge >= 0.3 is 6.18 Å². The van der Waals surface area contributed by atoms with E-state index in [4.69, 9.17) is 11.6 Å². The number of amides is 1. The minimum absolute atomic E-state index is 0.169. The summed E-state index contributed by atoms with van der Waals surface area (Å²) in [6, 6.07) is 11.6. The molecule has 0 radical (unpaired) electrons. The van der Waals surface area contributed by atoms with E-state index in [0.29, 0.717) is 49.4 Å². The average molecular weight is 479 g/mol. The fourth-order valence-electron chi connectivity index (χ4n) is 3.61. The van der Waals surface area contributed by atoms with Gasteiger partial charge in [0.25, 0.3) is 0 Å². The Morgan fingerprint density at radius 1 is 1.06 bits per heavy atom. The van der Waals surface area contributed by atoms with E-state index in [1.54, 1.807) is 23.0 Å². The van der Waals surface area contributed by atoms with Gasteiger partial charge in [-0.05, 0) is 23.8 Å². The lowest BCUT2D eigenvalue weighted by molar-refractivity contribution is -0.137. The van der Waals surface area contributed by atoms with E-state index in [1.807, 2.05) is 28.0 Å². The van der Waals surface area contributed by atoms with Crippen LogP contribution in [0.4, 0.5) is 24.8 Å². The predicted molar refractivity (Wildman–Crippen MR) is 119 cm³/mol. The van der Waals surface area contributed by atoms with E-state index < -0.39 is 11.7 Å². The third kappa shape index (κ3) is 5.82. The van der Waals surface area contributed by atoms with Crippen LogP contribution < -0.4 is 10.2 Å². The molecule has 0 atom stereocenters. The molecule has 11 heteroatoms. The van der Waals surface area contributed by atoms with E-state index in [-0.39, 0.29) is 12.5 Å². The zero-order valence-corrected chi connectivity index (χ0v) is 18.4. The Morgan fingerprint density at radius 2 is 1.82 bits per heavy atom. The normalized spacial score (nSPS) is 15.0. The van der Waals surface area contributed by atoms with Gasteiger partial charge in [-0.2, -0.15) is 18.3 Å². The Morgan fingerprint density at radius 3 is 2.48 bits per heavy atom. The van der Waals surface area contributed by atoms with Crippen LogP contribution in [0.25, 0.3) is 0 Å². The molecule has 33 heavy (non-hydrogen) atoms. The van der Waals surface area contributed by atoms with Gasteiger partial charge in [-0.1, -0.05) is 29.8 Å². The van der Waals surface area contributed by atoms with Crippen LogP contribution in [-0.4, -0.2) is 58.3 Å². The maximum atomic E-state index is 12.7. The predicted octanol–water partition coefficient (Wildman–Crippen LogP) is 3.76. The molecule has 0 unspecified atom stereocenters. The van der Waals surface area contributed by atoms with Crippen molar-refractivity contribution in [2.24, 2.45) is 0 Å². The van der Waals surface area contributed by atoms with Gasteiger partial charge in [0.2, 0.25) is 5.91 Å². The fraction of sp³-hybridized carbons (Fsp3) is 0.318. The van der Waals surface area contributed by atoms with Gasteiger partial charge in [-0.15, -0.1) is 0 Å². The quantitative estimate of drug-likeness (QED) is 0.584. The molecule has 1 aliphatic rings. The summed E-state index contributed by atoms with van der Waals surface area (Å²) in [5.74, 6) is 0.903. The Kier molecular flexibility index (Phi) is 6.85. The van der Waals surface area contributed by atoms with E-state index in [0.717, 1.165) is 17.8 Å². The second-order valence-corrected chi connectivity index (χ2v) is 8.09. The maximum absolute atomic E-state index is 12.7. The van der Waals surface area contributed by atoms with Crippen LogP contribution in [0.3, 0.4) is 0 Å². The Bertz CT molecular complexity index is 1090. The van der Waals surface area contributed by atoms with E-state index in [2.05, 4.69) is 15.4 Å². The molecular weight excluding hydrogens is 457 g/mol. The number of anilines is 2. The van der Waals surface area contributed by atoms with Crippen molar-refractivity contribution in [3.63, 3.8) is 0 Å². The molecule has 0 spiro atoms. The third-order valence-electron chi connectivity index (χ3n) is 5.40. The van der Waals surface area contributed by atoms with Crippen molar-refractivity contribution in [2.75, 3.05) is 42.9 Å². The zero-order valence-electron chi connectivity index (χ0n) is 17.6. The molecule has 1 fully saturated rings. The Balaban J connectivity index is 1.28. The lowest BCUT2D eigenvalue weighted by atomic mass is 10.2. The van der Waals surface area contributed by atoms with Crippen LogP contribution in [-0.2, 0) is 17.5 Å². The first-order valence-corrected chi connectivity index (χ1v) is 10.7. The average Bonchev–Trinajstić information content (AvgIpc) is 3.21. The molecule has 1 amide bonds. The van der Waals surface area contributed by atoms with Gasteiger partial charge in [-0.3, -0.25) is 9.69 Å². The number of hydrogen-bond acceptors (Lipinski definition) is 5. The summed E-state index contributed by atoms with van der Waals surface area (Å²) in [4.78, 5) is 20.4. The number of nitrogens with one attached hydrogen (secondary N) is 1. The van der Waals surface area contributed by atoms with Crippen molar-refractivity contribution in [3.8, 4) is 0 Å². The minimum atomic E-state index is -4.40. The molecule has 7 nitrogen and oxygen atoms in total. The molecule has 2 aromatic heterocycles. The van der Waals surface area contributed by atoms with Crippen molar-refractivity contribution < 1.29 is 18.0 Å². The molecule has 1 N–H and O–H groups in total. The van der Waals surface area contributed by atoms with E-state index >= 15 is 0 Å². The first kappa shape index (κ1) is 23.1. The second kappa shape index (κ2) is 9.80. The first-order valence-electron chi connectivity index (χ1n) is 10.4. The number of halogens is 4. The number of aromatic nitrogens is 3. The molecule has 0 aliphatic carbocycles. The van der Waals surface area contributed by atoms with Gasteiger partial charge in [0.05, 0.1) is 24.8 Å². The minimum Gasteiger partial charge on any atom is -0.354 e. The summed E-state index contributed by atoms with van der Waals surface area (Å²) in [7, 11) is 0. The molecular formula is C22H22ClF3N6O. The number of carbonyl (C=O) groups is 1. The Labute approximate surface area is 193 Å². The van der Waals surface area contributed by atoms with E-state index in [1.165, 1.54) is 6.07 Å². The lowest BCUT2D eigenvalue weighted by Crippen LogP contribution is -2.49. The van der Waals surface area contributed by atoms with Crippen molar-refractivity contribution in [2.45, 2.75) is 12.7 Å². The highest BCUT2D eigenvalue weighted by molar-refractivity contribution is 6.31. The Hall–Kier alpha value is -3.11. The monoisotopic (exact) mass is 478 g/mol. The number of piperazine rings is 1. The van der Waals surface area contributed by atoms with Gasteiger partial charge in [-0.25, -0.2) is 9.67 Å². The number of nitrogens with zero attached hydrogens (tertiary/aromatic N) is 5. The standard InChI is InChI=1S/C22H22ClF3N6O/c23-18-4-2-1-3-16(18)14-32-20(7-8-28-32)29-21(33)15-30-9-11-31(12-10-30)19-6-5-17(13-27-19)22(24,25)26/h1-8,13H,9-12,14-15H2,(H,29,33). The van der Waals surface area contributed by atoms with Gasteiger partial charge in [0.15, 0.2) is 0 Å². The summed E-state index contributed by atoms with van der Waals surface area (Å²) in [6.45, 7) is 2.95. The van der Waals surface area contributed by atoms with Crippen LogP contribution >= 0.6 is 11.6 Å². The number of carbonyl (C=O) groups excluding carboxylic acids is 1. The van der Waals surface area contributed by atoms with Gasteiger partial charge < -0.3 is 10.2 Å². The molecule has 1 aromatic carbocycles. The van der Waals surface area contributed by atoms with Crippen molar-refractivity contribution in [3.05, 3.63) is 71.0 Å². The highest BCUT2D eigenvalue weighted by atomic mass is 35.5. The smallest absolute Gasteiger partial charge is 0.354 e. The summed E-state index contributed by atoms with van der Waals surface area (Å²) in [6.07, 6.45) is -1.94. The van der Waals surface area contributed by atoms with Gasteiger partial charge in [0, 0.05) is 43.5 Å². The lowest BCUT2D eigenvalue weighted by Gasteiger charge is -2.35. The van der Waals surface area contributed by atoms with Crippen LogP contribution in [0.15, 0.2) is 54.9 Å². The van der Waals surface area contributed by atoms with Crippen molar-refractivity contribution in [1.82, 2.24) is 19.7 Å². The van der Waals surface area contributed by atoms with Crippen LogP contribution in [0.5, 0.6) is 0 Å². The number of hydrogen-bond donors (Lipinski definition) is 1. The molecule has 4 rings (SSSR count). The van der Waals surface area contributed by atoms with Crippen LogP contribution in [0.1, 0.15) is 11.1 Å². The number of alkyl halides is 3. The summed E-state index contributed by atoms with van der Waals surface area (Å²) < 4.78 is 39.8. The molecule has 174 valence electrons. The zero-order chi connectivity index (χ0) is 23.4. The second-order valence-electron chi connectivity index (χ2n) is 7.68. The maximum Gasteiger partial charge on any atom is 0.417 e. The van der Waals surface area contributed by atoms with Crippen LogP contribution in [0.2, 0.25) is 5.02 Å². The topological polar surface area (TPSA) is 66.3 Å². The highest BCUT2D eigenvalue weighted by Crippen LogP contribution is 2.29. The highest BCUT2D eigenvalue weighted by Gasteiger charge is 2.31. The first-order chi connectivity index (χ1) is 15.8. The number of benzene rings is 1. The largest absolute Gasteiger partial charge is 0.417 e. The SMILES string of the molecule is O=C(CN1CCN(c2ccc(C(F)(F)F)cn2)CC1)Nc1ccnn1Cc1ccccc1Cl. The van der Waals surface area contributed by atoms with Gasteiger partial charge in [0.1, 0.15) is 11.6 Å². The molecule has 1 saturated heterocycles. The molecule has 0 saturated carbocycles. The van der Waals surface area contributed by atoms with Crippen LogP contribution in [0, 0.1) is 0 Å². The van der Waals surface area contributed by atoms with E-state index in [9.17, 15) is 18.0 Å². The van der Waals surface area contributed by atoms with Crippen molar-refractivity contribution >= 4 is 29.1 Å². The summed E-state index contributed by atoms with van der Waals surface area (Å²) >= 11 is 6.22. The molecule has 3 heterocycles. The van der Waals surface area contributed by atoms with Crippen molar-refractivity contribution in [1.29, 1.82) is 0 Å². The fourth-order valence-corrected chi connectivity index (χ4v) is 3.81. The molecule has 1 aliphatic heterocycles. The summed E-state index contributed by atoms with van der Waals surface area (Å²) in [5.41, 5.74) is 0.127. The molecule has 0 bridgehead atoms. The number of rotatable bonds is 6. The summed E-state index contributed by atoms with van der Waals surface area (Å²) in [5, 5.41) is 7.78. The third-order valence-corrected chi connectivity index (χ3v) is 5.77.